The first-order valence-corrected chi connectivity index (χ1v) is 4.82. The summed E-state index contributed by atoms with van der Waals surface area (Å²) in [5, 5.41) is 17.6. The zero-order valence-electron chi connectivity index (χ0n) is 9.43. The van der Waals surface area contributed by atoms with E-state index in [2.05, 4.69) is 0 Å². The Hall–Kier alpha value is -2.35. The van der Waals surface area contributed by atoms with Gasteiger partial charge in [0.25, 0.3) is 0 Å². The Morgan fingerprint density at radius 1 is 1.47 bits per heavy atom. The Labute approximate surface area is 98.2 Å². The second-order valence-electron chi connectivity index (χ2n) is 3.94. The highest BCUT2D eigenvalue weighted by atomic mass is 16.5. The summed E-state index contributed by atoms with van der Waals surface area (Å²) in [4.78, 5) is 21.5. The molecule has 0 amide bonds. The van der Waals surface area contributed by atoms with Crippen LogP contribution >= 0.6 is 0 Å². The van der Waals surface area contributed by atoms with Gasteiger partial charge in [0.15, 0.2) is 5.60 Å². The van der Waals surface area contributed by atoms with Crippen molar-refractivity contribution in [2.24, 2.45) is 0 Å². The number of rotatable bonds is 4. The lowest BCUT2D eigenvalue weighted by Crippen LogP contribution is -2.37. The minimum Gasteiger partial charge on any atom is -0.478 e. The molecule has 17 heavy (non-hydrogen) atoms. The van der Waals surface area contributed by atoms with Gasteiger partial charge in [0, 0.05) is 5.56 Å². The predicted molar refractivity (Wildman–Crippen MR) is 58.9 cm³/mol. The van der Waals surface area contributed by atoms with Crippen molar-refractivity contribution < 1.29 is 19.4 Å². The van der Waals surface area contributed by atoms with Crippen molar-refractivity contribution in [2.75, 3.05) is 0 Å². The average molecular weight is 233 g/mol. The Balaban J connectivity index is 3.11. The van der Waals surface area contributed by atoms with E-state index in [1.165, 1.54) is 32.0 Å². The molecular formula is C12H11NO4. The van der Waals surface area contributed by atoms with Crippen LogP contribution in [0, 0.1) is 11.3 Å². The van der Waals surface area contributed by atoms with Crippen molar-refractivity contribution in [3.05, 3.63) is 29.3 Å². The van der Waals surface area contributed by atoms with Crippen molar-refractivity contribution in [3.8, 4) is 11.8 Å². The third kappa shape index (κ3) is 3.05. The standard InChI is InChI=1S/C12H11NO4/c1-12(2,11(15)16)17-10-4-8(6-13)3-9(5-10)7-14/h3-5,7H,1-2H3,(H,15,16). The van der Waals surface area contributed by atoms with Gasteiger partial charge in [-0.1, -0.05) is 0 Å². The van der Waals surface area contributed by atoms with Gasteiger partial charge in [-0.15, -0.1) is 0 Å². The lowest BCUT2D eigenvalue weighted by molar-refractivity contribution is -0.152. The monoisotopic (exact) mass is 233 g/mol. The first-order chi connectivity index (χ1) is 7.89. The largest absolute Gasteiger partial charge is 0.478 e. The topological polar surface area (TPSA) is 87.4 Å². The lowest BCUT2D eigenvalue weighted by atomic mass is 10.1. The number of carboxylic acid groups (broad SMARTS) is 1. The number of aliphatic carboxylic acids is 1. The molecule has 1 aromatic carbocycles. The molecule has 1 rings (SSSR count). The number of nitriles is 1. The van der Waals surface area contributed by atoms with Gasteiger partial charge in [-0.2, -0.15) is 5.26 Å². The van der Waals surface area contributed by atoms with Gasteiger partial charge in [0.05, 0.1) is 11.6 Å². The fourth-order valence-corrected chi connectivity index (χ4v) is 1.15. The maximum Gasteiger partial charge on any atom is 0.347 e. The third-order valence-electron chi connectivity index (χ3n) is 2.08. The summed E-state index contributed by atoms with van der Waals surface area (Å²) in [7, 11) is 0. The van der Waals surface area contributed by atoms with Crippen molar-refractivity contribution in [1.82, 2.24) is 0 Å². The summed E-state index contributed by atoms with van der Waals surface area (Å²) >= 11 is 0. The van der Waals surface area contributed by atoms with Crippen LogP contribution in [0.4, 0.5) is 0 Å². The molecule has 0 spiro atoms. The summed E-state index contributed by atoms with van der Waals surface area (Å²) < 4.78 is 5.24. The number of carboxylic acids is 1. The molecule has 0 aliphatic heterocycles. The molecule has 0 radical (unpaired) electrons. The van der Waals surface area contributed by atoms with Crippen LogP contribution in [0.1, 0.15) is 29.8 Å². The number of hydrogen-bond donors (Lipinski definition) is 1. The van der Waals surface area contributed by atoms with Crippen LogP contribution in [0.25, 0.3) is 0 Å². The van der Waals surface area contributed by atoms with Gasteiger partial charge >= 0.3 is 5.97 Å². The Morgan fingerprint density at radius 3 is 2.59 bits per heavy atom. The quantitative estimate of drug-likeness (QED) is 0.798. The fourth-order valence-electron chi connectivity index (χ4n) is 1.15. The van der Waals surface area contributed by atoms with Crippen LogP contribution in [-0.2, 0) is 4.79 Å². The number of ether oxygens (including phenoxy) is 1. The summed E-state index contributed by atoms with van der Waals surface area (Å²) in [5.74, 6) is -0.953. The predicted octanol–water partition coefficient (Wildman–Crippen LogP) is 1.61. The summed E-state index contributed by atoms with van der Waals surface area (Å²) in [6, 6.07) is 6.04. The van der Waals surface area contributed by atoms with Gasteiger partial charge < -0.3 is 9.84 Å². The van der Waals surface area contributed by atoms with Gasteiger partial charge in [-0.25, -0.2) is 4.79 Å². The highest BCUT2D eigenvalue weighted by molar-refractivity contribution is 5.78. The van der Waals surface area contributed by atoms with Crippen LogP contribution < -0.4 is 4.74 Å². The minimum absolute atomic E-state index is 0.179. The lowest BCUT2D eigenvalue weighted by Gasteiger charge is -2.21. The molecule has 1 aromatic rings. The molecule has 0 aliphatic carbocycles. The smallest absolute Gasteiger partial charge is 0.347 e. The van der Waals surface area contributed by atoms with E-state index < -0.39 is 11.6 Å². The van der Waals surface area contributed by atoms with Gasteiger partial charge in [-0.05, 0) is 32.0 Å². The van der Waals surface area contributed by atoms with E-state index >= 15 is 0 Å². The number of nitrogens with zero attached hydrogens (tertiary/aromatic N) is 1. The molecule has 0 fully saturated rings. The Bertz CT molecular complexity index is 500. The summed E-state index contributed by atoms with van der Waals surface area (Å²) in [6.07, 6.45) is 0.571. The maximum absolute atomic E-state index is 10.9. The third-order valence-corrected chi connectivity index (χ3v) is 2.08. The van der Waals surface area contributed by atoms with E-state index in [1.807, 2.05) is 6.07 Å². The Kier molecular flexibility index (Phi) is 3.49. The average Bonchev–Trinajstić information content (AvgIpc) is 2.27. The normalized spacial score (nSPS) is 10.4. The molecular weight excluding hydrogens is 222 g/mol. The van der Waals surface area contributed by atoms with Crippen LogP contribution in [0.2, 0.25) is 0 Å². The first kappa shape index (κ1) is 12.7. The van der Waals surface area contributed by atoms with Gasteiger partial charge in [0.2, 0.25) is 0 Å². The molecule has 1 N–H and O–H groups in total. The molecule has 0 atom stereocenters. The van der Waals surface area contributed by atoms with E-state index in [1.54, 1.807) is 0 Å². The molecule has 0 saturated heterocycles. The SMILES string of the molecule is CC(C)(Oc1cc(C#N)cc(C=O)c1)C(=O)O. The number of carbonyl (C=O) groups is 2. The maximum atomic E-state index is 10.9. The van der Waals surface area contributed by atoms with Crippen molar-refractivity contribution >= 4 is 12.3 Å². The molecule has 0 aliphatic rings. The Morgan fingerprint density at radius 2 is 2.12 bits per heavy atom. The number of benzene rings is 1. The van der Waals surface area contributed by atoms with E-state index in [9.17, 15) is 9.59 Å². The second-order valence-corrected chi connectivity index (χ2v) is 3.94. The molecule has 0 heterocycles. The van der Waals surface area contributed by atoms with E-state index in [-0.39, 0.29) is 16.9 Å². The van der Waals surface area contributed by atoms with Crippen LogP contribution in [0.5, 0.6) is 5.75 Å². The van der Waals surface area contributed by atoms with Crippen LogP contribution in [0.3, 0.4) is 0 Å². The summed E-state index contributed by atoms with van der Waals surface area (Å²) in [6.45, 7) is 2.77. The van der Waals surface area contributed by atoms with Crippen LogP contribution in [-0.4, -0.2) is 23.0 Å². The van der Waals surface area contributed by atoms with E-state index in [4.69, 9.17) is 15.1 Å². The van der Waals surface area contributed by atoms with Gasteiger partial charge in [0.1, 0.15) is 12.0 Å². The number of hydrogen-bond acceptors (Lipinski definition) is 4. The second kappa shape index (κ2) is 4.66. The number of carbonyl (C=O) groups excluding carboxylic acids is 1. The van der Waals surface area contributed by atoms with Crippen molar-refractivity contribution in [1.29, 1.82) is 5.26 Å². The van der Waals surface area contributed by atoms with E-state index in [0.29, 0.717) is 6.29 Å². The summed E-state index contributed by atoms with van der Waals surface area (Å²) in [5.41, 5.74) is -0.917. The molecule has 0 unspecified atom stereocenters. The molecule has 0 aromatic heterocycles. The number of aldehydes is 1. The van der Waals surface area contributed by atoms with Crippen molar-refractivity contribution in [2.45, 2.75) is 19.4 Å². The van der Waals surface area contributed by atoms with Gasteiger partial charge in [-0.3, -0.25) is 4.79 Å². The van der Waals surface area contributed by atoms with E-state index in [0.717, 1.165) is 0 Å². The molecule has 5 nitrogen and oxygen atoms in total. The first-order valence-electron chi connectivity index (χ1n) is 4.82. The zero-order valence-corrected chi connectivity index (χ0v) is 9.43. The highest BCUT2D eigenvalue weighted by Gasteiger charge is 2.29. The minimum atomic E-state index is -1.42. The van der Waals surface area contributed by atoms with Crippen molar-refractivity contribution in [3.63, 3.8) is 0 Å². The zero-order chi connectivity index (χ0) is 13.1. The highest BCUT2D eigenvalue weighted by Crippen LogP contribution is 2.21. The fraction of sp³-hybridized carbons (Fsp3) is 0.250. The molecule has 0 bridgehead atoms. The molecule has 0 saturated carbocycles. The molecule has 5 heteroatoms. The van der Waals surface area contributed by atoms with Crippen LogP contribution in [0.15, 0.2) is 18.2 Å². The molecule has 88 valence electrons.